The lowest BCUT2D eigenvalue weighted by molar-refractivity contribution is 0.0686. The Morgan fingerprint density at radius 1 is 1.06 bits per heavy atom. The first-order valence-electron chi connectivity index (χ1n) is 10.9. The molecule has 0 radical (unpaired) electrons. The molecule has 162 valence electrons. The van der Waals surface area contributed by atoms with E-state index in [0.717, 1.165) is 42.8 Å². The van der Waals surface area contributed by atoms with Crippen LogP contribution in [0.3, 0.4) is 0 Å². The van der Waals surface area contributed by atoms with Gasteiger partial charge in [-0.3, -0.25) is 4.79 Å². The second-order valence-electron chi connectivity index (χ2n) is 8.24. The minimum absolute atomic E-state index is 0.0773. The van der Waals surface area contributed by atoms with Gasteiger partial charge in [0.1, 0.15) is 11.5 Å². The molecule has 0 atom stereocenters. The van der Waals surface area contributed by atoms with E-state index >= 15 is 0 Å². The molecule has 0 saturated carbocycles. The quantitative estimate of drug-likeness (QED) is 0.526. The molecule has 0 N–H and O–H groups in total. The van der Waals surface area contributed by atoms with E-state index in [4.69, 9.17) is 4.52 Å². The molecule has 1 aliphatic rings. The van der Waals surface area contributed by atoms with E-state index in [2.05, 4.69) is 10.1 Å². The number of nitrogens with zero attached hydrogens (tertiary/aromatic N) is 3. The number of hydrogen-bond acceptors (Lipinski definition) is 4. The number of rotatable bonds is 6. The Kier molecular flexibility index (Phi) is 6.35. The molecule has 0 unspecified atom stereocenters. The average Bonchev–Trinajstić information content (AvgIpc) is 3.22. The normalized spacial score (nSPS) is 14.1. The monoisotopic (exact) mass is 421 g/mol. The standard InChI is InChI=1S/C25H28FN3O2/c1-18(2)29(24(30)20-13-7-8-14-22(20)26)17-21-23(19-11-5-3-6-12-19)27-31-25(21)28-15-9-4-10-16-28/h3,5-8,11-14,18H,4,9-10,15-17H2,1-2H3. The number of hydrogen-bond donors (Lipinski definition) is 0. The molecule has 2 heterocycles. The minimum Gasteiger partial charge on any atom is -0.340 e. The SMILES string of the molecule is CC(C)N(Cc1c(-c2ccccc2)noc1N1CCCCC1)C(=O)c1ccccc1F. The van der Waals surface area contributed by atoms with E-state index in [9.17, 15) is 9.18 Å². The van der Waals surface area contributed by atoms with Gasteiger partial charge >= 0.3 is 0 Å². The molecule has 31 heavy (non-hydrogen) atoms. The summed E-state index contributed by atoms with van der Waals surface area (Å²) in [5.41, 5.74) is 2.61. The number of anilines is 1. The van der Waals surface area contributed by atoms with Gasteiger partial charge in [-0.15, -0.1) is 0 Å². The van der Waals surface area contributed by atoms with Gasteiger partial charge in [-0.05, 0) is 45.2 Å². The van der Waals surface area contributed by atoms with Crippen LogP contribution in [0, 0.1) is 5.82 Å². The Balaban J connectivity index is 1.74. The minimum atomic E-state index is -0.511. The highest BCUT2D eigenvalue weighted by Crippen LogP contribution is 2.34. The van der Waals surface area contributed by atoms with Crippen molar-refractivity contribution in [3.05, 3.63) is 71.5 Å². The zero-order valence-corrected chi connectivity index (χ0v) is 18.1. The van der Waals surface area contributed by atoms with Gasteiger partial charge in [0.05, 0.1) is 17.7 Å². The molecule has 1 aromatic heterocycles. The van der Waals surface area contributed by atoms with Crippen molar-refractivity contribution in [1.82, 2.24) is 10.1 Å². The highest BCUT2D eigenvalue weighted by Gasteiger charge is 2.29. The van der Waals surface area contributed by atoms with Crippen LogP contribution in [-0.4, -0.2) is 35.1 Å². The third-order valence-corrected chi connectivity index (χ3v) is 5.77. The summed E-state index contributed by atoms with van der Waals surface area (Å²) < 4.78 is 20.2. The largest absolute Gasteiger partial charge is 0.340 e. The summed E-state index contributed by atoms with van der Waals surface area (Å²) in [6.07, 6.45) is 3.40. The zero-order chi connectivity index (χ0) is 21.8. The van der Waals surface area contributed by atoms with Gasteiger partial charge in [0.2, 0.25) is 5.88 Å². The molecule has 0 bridgehead atoms. The lowest BCUT2D eigenvalue weighted by Crippen LogP contribution is -2.38. The van der Waals surface area contributed by atoms with Crippen molar-refractivity contribution in [1.29, 1.82) is 0 Å². The van der Waals surface area contributed by atoms with Crippen LogP contribution >= 0.6 is 0 Å². The van der Waals surface area contributed by atoms with Crippen molar-refractivity contribution in [2.75, 3.05) is 18.0 Å². The first-order valence-corrected chi connectivity index (χ1v) is 10.9. The third-order valence-electron chi connectivity index (χ3n) is 5.77. The molecule has 3 aromatic rings. The molecule has 1 aliphatic heterocycles. The van der Waals surface area contributed by atoms with Gasteiger partial charge in [0, 0.05) is 24.7 Å². The van der Waals surface area contributed by atoms with E-state index in [1.807, 2.05) is 44.2 Å². The predicted molar refractivity (Wildman–Crippen MR) is 119 cm³/mol. The molecule has 0 aliphatic carbocycles. The fourth-order valence-corrected chi connectivity index (χ4v) is 4.06. The third kappa shape index (κ3) is 4.48. The molecular formula is C25H28FN3O2. The number of piperidine rings is 1. The Morgan fingerprint density at radius 3 is 2.42 bits per heavy atom. The van der Waals surface area contributed by atoms with E-state index in [0.29, 0.717) is 12.4 Å². The molecule has 4 rings (SSSR count). The molecule has 1 fully saturated rings. The maximum atomic E-state index is 14.4. The summed E-state index contributed by atoms with van der Waals surface area (Å²) in [4.78, 5) is 17.2. The number of carbonyl (C=O) groups excluding carboxylic acids is 1. The number of benzene rings is 2. The number of halogens is 1. The number of carbonyl (C=O) groups is 1. The maximum absolute atomic E-state index is 14.4. The van der Waals surface area contributed by atoms with Crippen molar-refractivity contribution < 1.29 is 13.7 Å². The Labute approximate surface area is 182 Å². The summed E-state index contributed by atoms with van der Waals surface area (Å²) >= 11 is 0. The van der Waals surface area contributed by atoms with Crippen molar-refractivity contribution in [2.45, 2.75) is 45.7 Å². The van der Waals surface area contributed by atoms with E-state index in [1.54, 1.807) is 17.0 Å². The lowest BCUT2D eigenvalue weighted by atomic mass is 10.0. The fourth-order valence-electron chi connectivity index (χ4n) is 4.06. The Hall–Kier alpha value is -3.15. The first-order chi connectivity index (χ1) is 15.1. The van der Waals surface area contributed by atoms with Gasteiger partial charge in [-0.2, -0.15) is 0 Å². The van der Waals surface area contributed by atoms with E-state index in [-0.39, 0.29) is 17.5 Å². The summed E-state index contributed by atoms with van der Waals surface area (Å²) in [7, 11) is 0. The van der Waals surface area contributed by atoms with Gasteiger partial charge in [0.25, 0.3) is 5.91 Å². The van der Waals surface area contributed by atoms with E-state index in [1.165, 1.54) is 18.6 Å². The zero-order valence-electron chi connectivity index (χ0n) is 18.1. The highest BCUT2D eigenvalue weighted by atomic mass is 19.1. The van der Waals surface area contributed by atoms with Crippen LogP contribution in [0.5, 0.6) is 0 Å². The smallest absolute Gasteiger partial charge is 0.257 e. The molecule has 6 heteroatoms. The van der Waals surface area contributed by atoms with Crippen LogP contribution in [-0.2, 0) is 6.54 Å². The van der Waals surface area contributed by atoms with Crippen LogP contribution < -0.4 is 4.90 Å². The van der Waals surface area contributed by atoms with Gasteiger partial charge in [-0.1, -0.05) is 47.6 Å². The molecule has 5 nitrogen and oxygen atoms in total. The fraction of sp³-hybridized carbons (Fsp3) is 0.360. The molecular weight excluding hydrogens is 393 g/mol. The summed E-state index contributed by atoms with van der Waals surface area (Å²) in [6, 6.07) is 15.8. The van der Waals surface area contributed by atoms with Crippen molar-refractivity contribution in [3.63, 3.8) is 0 Å². The van der Waals surface area contributed by atoms with Gasteiger partial charge < -0.3 is 14.3 Å². The maximum Gasteiger partial charge on any atom is 0.257 e. The van der Waals surface area contributed by atoms with E-state index < -0.39 is 5.82 Å². The predicted octanol–water partition coefficient (Wildman–Crippen LogP) is 5.52. The van der Waals surface area contributed by atoms with Crippen molar-refractivity contribution in [3.8, 4) is 11.3 Å². The Bertz CT molecular complexity index is 1030. The summed E-state index contributed by atoms with van der Waals surface area (Å²) in [6.45, 7) is 5.98. The van der Waals surface area contributed by atoms with Crippen LogP contribution in [0.25, 0.3) is 11.3 Å². The molecule has 1 amide bonds. The Morgan fingerprint density at radius 2 is 1.74 bits per heavy atom. The van der Waals surface area contributed by atoms with Crippen LogP contribution in [0.1, 0.15) is 49.0 Å². The van der Waals surface area contributed by atoms with Gasteiger partial charge in [-0.25, -0.2) is 4.39 Å². The van der Waals surface area contributed by atoms with Crippen LogP contribution in [0.15, 0.2) is 59.1 Å². The van der Waals surface area contributed by atoms with Crippen molar-refractivity contribution >= 4 is 11.8 Å². The van der Waals surface area contributed by atoms with Crippen molar-refractivity contribution in [2.24, 2.45) is 0 Å². The molecule has 0 spiro atoms. The number of amides is 1. The first kappa shape index (κ1) is 21.1. The lowest BCUT2D eigenvalue weighted by Gasteiger charge is -2.30. The molecule has 1 saturated heterocycles. The molecule has 2 aromatic carbocycles. The average molecular weight is 422 g/mol. The topological polar surface area (TPSA) is 49.6 Å². The summed E-state index contributed by atoms with van der Waals surface area (Å²) in [5.74, 6) is -0.133. The van der Waals surface area contributed by atoms with Crippen LogP contribution in [0.4, 0.5) is 10.3 Å². The highest BCUT2D eigenvalue weighted by molar-refractivity contribution is 5.94. The second kappa shape index (κ2) is 9.33. The second-order valence-corrected chi connectivity index (χ2v) is 8.24. The summed E-state index contributed by atoms with van der Waals surface area (Å²) in [5, 5.41) is 4.39. The van der Waals surface area contributed by atoms with Crippen LogP contribution in [0.2, 0.25) is 0 Å². The number of aromatic nitrogens is 1. The van der Waals surface area contributed by atoms with Gasteiger partial charge in [0.15, 0.2) is 0 Å².